The lowest BCUT2D eigenvalue weighted by atomic mass is 10.1. The summed E-state index contributed by atoms with van der Waals surface area (Å²) < 4.78 is 5.04. The van der Waals surface area contributed by atoms with Crippen molar-refractivity contribution in [2.24, 2.45) is 0 Å². The van der Waals surface area contributed by atoms with Gasteiger partial charge in [-0.3, -0.25) is 9.59 Å². The summed E-state index contributed by atoms with van der Waals surface area (Å²) in [6.45, 7) is 0. The molecule has 0 saturated carbocycles. The van der Waals surface area contributed by atoms with E-state index in [1.54, 1.807) is 24.3 Å². The Morgan fingerprint density at radius 1 is 1.32 bits per heavy atom. The summed E-state index contributed by atoms with van der Waals surface area (Å²) in [7, 11) is 1.52. The van der Waals surface area contributed by atoms with Gasteiger partial charge in [-0.25, -0.2) is 4.79 Å². The number of carboxylic acids is 2. The number of ether oxygens (including phenoxy) is 1. The van der Waals surface area contributed by atoms with E-state index in [9.17, 15) is 14.4 Å². The third-order valence-corrected chi connectivity index (χ3v) is 2.78. The van der Waals surface area contributed by atoms with Crippen LogP contribution in [0.2, 0.25) is 0 Å². The lowest BCUT2D eigenvalue weighted by Gasteiger charge is -2.11. The second-order valence-electron chi connectivity index (χ2n) is 4.44. The molecule has 7 heteroatoms. The van der Waals surface area contributed by atoms with Gasteiger partial charge in [-0.2, -0.15) is 0 Å². The Bertz CT molecular complexity index is 581. The van der Waals surface area contributed by atoms with Crippen molar-refractivity contribution in [3.05, 3.63) is 35.9 Å². The normalized spacial score (nSPS) is 11.9. The smallest absolute Gasteiger partial charge is 0.326 e. The van der Waals surface area contributed by atoms with Crippen LogP contribution in [0.1, 0.15) is 18.4 Å². The quantitative estimate of drug-likeness (QED) is 0.621. The highest BCUT2D eigenvalue weighted by molar-refractivity contribution is 5.94. The second-order valence-corrected chi connectivity index (χ2v) is 4.44. The first-order valence-corrected chi connectivity index (χ1v) is 6.49. The first kappa shape index (κ1) is 17.2. The third kappa shape index (κ3) is 6.08. The Balaban J connectivity index is 2.64. The van der Waals surface area contributed by atoms with Gasteiger partial charge in [-0.15, -0.1) is 0 Å². The van der Waals surface area contributed by atoms with Crippen molar-refractivity contribution in [2.45, 2.75) is 18.9 Å². The molecule has 0 saturated heterocycles. The Kier molecular flexibility index (Phi) is 6.62. The number of hydrogen-bond acceptors (Lipinski definition) is 4. The molecule has 0 fully saturated rings. The lowest BCUT2D eigenvalue weighted by molar-refractivity contribution is -0.142. The molecule has 0 spiro atoms. The van der Waals surface area contributed by atoms with Crippen LogP contribution in [-0.2, 0) is 14.4 Å². The molecule has 7 nitrogen and oxygen atoms in total. The predicted octanol–water partition coefficient (Wildman–Crippen LogP) is 1.14. The molecule has 3 N–H and O–H groups in total. The van der Waals surface area contributed by atoms with Crippen molar-refractivity contribution >= 4 is 23.9 Å². The van der Waals surface area contributed by atoms with E-state index in [1.165, 1.54) is 19.3 Å². The summed E-state index contributed by atoms with van der Waals surface area (Å²) in [5.41, 5.74) is 0.715. The van der Waals surface area contributed by atoms with Gasteiger partial charge in [-0.05, 0) is 30.2 Å². The van der Waals surface area contributed by atoms with Gasteiger partial charge >= 0.3 is 11.9 Å². The highest BCUT2D eigenvalue weighted by atomic mass is 16.5. The number of aliphatic carboxylic acids is 2. The summed E-state index contributed by atoms with van der Waals surface area (Å²) >= 11 is 0. The molecule has 0 aliphatic heterocycles. The molecule has 0 heterocycles. The SMILES string of the molecule is COc1cccc(/C=C/C(=O)NC(CCC(=O)O)C(=O)O)c1. The van der Waals surface area contributed by atoms with Crippen LogP contribution >= 0.6 is 0 Å². The number of methoxy groups -OCH3 is 1. The van der Waals surface area contributed by atoms with E-state index in [0.717, 1.165) is 0 Å². The van der Waals surface area contributed by atoms with Crippen LogP contribution in [0.15, 0.2) is 30.3 Å². The molecule has 0 bridgehead atoms. The summed E-state index contributed by atoms with van der Waals surface area (Å²) in [5.74, 6) is -2.37. The van der Waals surface area contributed by atoms with Gasteiger partial charge in [0.1, 0.15) is 11.8 Å². The molecule has 1 unspecified atom stereocenters. The summed E-state index contributed by atoms with van der Waals surface area (Å²) in [6.07, 6.45) is 2.18. The van der Waals surface area contributed by atoms with Gasteiger partial charge in [0.15, 0.2) is 0 Å². The molecule has 0 aliphatic rings. The maximum absolute atomic E-state index is 11.7. The molecule has 118 valence electrons. The number of nitrogens with one attached hydrogen (secondary N) is 1. The first-order valence-electron chi connectivity index (χ1n) is 6.49. The van der Waals surface area contributed by atoms with E-state index in [-0.39, 0.29) is 12.8 Å². The Morgan fingerprint density at radius 2 is 2.05 bits per heavy atom. The second kappa shape index (κ2) is 8.46. The number of carbonyl (C=O) groups is 3. The van der Waals surface area contributed by atoms with Crippen LogP contribution in [-0.4, -0.2) is 41.2 Å². The Morgan fingerprint density at radius 3 is 2.64 bits per heavy atom. The topological polar surface area (TPSA) is 113 Å². The molecule has 1 atom stereocenters. The average Bonchev–Trinajstić information content (AvgIpc) is 2.49. The van der Waals surface area contributed by atoms with Crippen molar-refractivity contribution < 1.29 is 29.3 Å². The van der Waals surface area contributed by atoms with Crippen LogP contribution < -0.4 is 10.1 Å². The first-order chi connectivity index (χ1) is 10.4. The third-order valence-electron chi connectivity index (χ3n) is 2.78. The maximum Gasteiger partial charge on any atom is 0.326 e. The van der Waals surface area contributed by atoms with Crippen LogP contribution in [0.3, 0.4) is 0 Å². The van der Waals surface area contributed by atoms with Crippen molar-refractivity contribution in [3.63, 3.8) is 0 Å². The zero-order valence-electron chi connectivity index (χ0n) is 12.0. The monoisotopic (exact) mass is 307 g/mol. The molecule has 22 heavy (non-hydrogen) atoms. The molecular formula is C15H17NO6. The number of hydrogen-bond donors (Lipinski definition) is 3. The average molecular weight is 307 g/mol. The highest BCUT2D eigenvalue weighted by Gasteiger charge is 2.19. The molecule has 1 rings (SSSR count). The number of benzene rings is 1. The predicted molar refractivity (Wildman–Crippen MR) is 78.5 cm³/mol. The molecule has 1 aromatic carbocycles. The van der Waals surface area contributed by atoms with Crippen molar-refractivity contribution in [2.75, 3.05) is 7.11 Å². The minimum atomic E-state index is -1.27. The lowest BCUT2D eigenvalue weighted by Crippen LogP contribution is -2.40. The van der Waals surface area contributed by atoms with Crippen LogP contribution in [0.5, 0.6) is 5.75 Å². The van der Waals surface area contributed by atoms with Gasteiger partial charge in [0.05, 0.1) is 7.11 Å². The van der Waals surface area contributed by atoms with Gasteiger partial charge in [0.2, 0.25) is 5.91 Å². The molecule has 1 aromatic rings. The number of carboxylic acid groups (broad SMARTS) is 2. The fourth-order valence-electron chi connectivity index (χ4n) is 1.66. The largest absolute Gasteiger partial charge is 0.497 e. The molecule has 0 aliphatic carbocycles. The maximum atomic E-state index is 11.7. The number of amides is 1. The van der Waals surface area contributed by atoms with Gasteiger partial charge in [-0.1, -0.05) is 12.1 Å². The standard InChI is InChI=1S/C15H17NO6/c1-22-11-4-2-3-10(9-11)5-7-13(17)16-12(15(20)21)6-8-14(18)19/h2-5,7,9,12H,6,8H2,1H3,(H,16,17)(H,18,19)(H,20,21)/b7-5+. The van der Waals surface area contributed by atoms with Crippen molar-refractivity contribution in [1.82, 2.24) is 5.32 Å². The number of carbonyl (C=O) groups excluding carboxylic acids is 1. The summed E-state index contributed by atoms with van der Waals surface area (Å²) in [4.78, 5) is 33.1. The van der Waals surface area contributed by atoms with Crippen LogP contribution in [0, 0.1) is 0 Å². The van der Waals surface area contributed by atoms with E-state index < -0.39 is 23.9 Å². The minimum Gasteiger partial charge on any atom is -0.497 e. The van der Waals surface area contributed by atoms with E-state index in [4.69, 9.17) is 14.9 Å². The van der Waals surface area contributed by atoms with E-state index in [2.05, 4.69) is 5.32 Å². The Labute approximate surface area is 127 Å². The van der Waals surface area contributed by atoms with Crippen molar-refractivity contribution in [3.8, 4) is 5.75 Å². The summed E-state index contributed by atoms with van der Waals surface area (Å²) in [5, 5.41) is 19.7. The van der Waals surface area contributed by atoms with E-state index in [0.29, 0.717) is 11.3 Å². The van der Waals surface area contributed by atoms with Gasteiger partial charge < -0.3 is 20.3 Å². The zero-order chi connectivity index (χ0) is 16.5. The fraction of sp³-hybridized carbons (Fsp3) is 0.267. The molecular weight excluding hydrogens is 290 g/mol. The zero-order valence-corrected chi connectivity index (χ0v) is 12.0. The van der Waals surface area contributed by atoms with E-state index in [1.807, 2.05) is 0 Å². The Hall–Kier alpha value is -2.83. The minimum absolute atomic E-state index is 0.177. The van der Waals surface area contributed by atoms with Crippen LogP contribution in [0.25, 0.3) is 6.08 Å². The molecule has 0 radical (unpaired) electrons. The van der Waals surface area contributed by atoms with Gasteiger partial charge in [0.25, 0.3) is 0 Å². The summed E-state index contributed by atoms with van der Waals surface area (Å²) in [6, 6.07) is 5.74. The number of rotatable bonds is 8. The van der Waals surface area contributed by atoms with Crippen molar-refractivity contribution in [1.29, 1.82) is 0 Å². The molecule has 1 amide bonds. The fourth-order valence-corrected chi connectivity index (χ4v) is 1.66. The molecule has 0 aromatic heterocycles. The van der Waals surface area contributed by atoms with Crippen LogP contribution in [0.4, 0.5) is 0 Å². The van der Waals surface area contributed by atoms with E-state index >= 15 is 0 Å². The van der Waals surface area contributed by atoms with Gasteiger partial charge in [0, 0.05) is 12.5 Å². The highest BCUT2D eigenvalue weighted by Crippen LogP contribution is 2.13.